The van der Waals surface area contributed by atoms with Crippen LogP contribution in [0.3, 0.4) is 0 Å². The molecule has 0 aliphatic rings. The number of benzene rings is 1. The number of hydrogen-bond acceptors (Lipinski definition) is 5. The molecule has 2 rings (SSSR count). The number of nitrogens with zero attached hydrogens (tertiary/aromatic N) is 4. The van der Waals surface area contributed by atoms with Crippen molar-refractivity contribution >= 4 is 23.3 Å². The number of aromatic nitrogens is 3. The fourth-order valence-electron chi connectivity index (χ4n) is 1.58. The van der Waals surface area contributed by atoms with Gasteiger partial charge in [-0.1, -0.05) is 16.8 Å². The third-order valence-corrected chi connectivity index (χ3v) is 2.68. The molecule has 0 radical (unpaired) electrons. The molecule has 0 amide bonds. The fraction of sp³-hybridized carbons (Fsp3) is 0.167. The highest BCUT2D eigenvalue weighted by Gasteiger charge is 2.06. The quantitative estimate of drug-likeness (QED) is 0.865. The van der Waals surface area contributed by atoms with Crippen LogP contribution in [0.15, 0.2) is 24.4 Å². The van der Waals surface area contributed by atoms with E-state index in [1.165, 1.54) is 10.9 Å². The monoisotopic (exact) mass is 291 g/mol. The first-order valence-corrected chi connectivity index (χ1v) is 6.00. The van der Waals surface area contributed by atoms with E-state index in [9.17, 15) is 4.79 Å². The second-order valence-corrected chi connectivity index (χ2v) is 4.39. The normalized spacial score (nSPS) is 10.0. The second-order valence-electron chi connectivity index (χ2n) is 3.96. The maximum atomic E-state index is 10.5. The van der Waals surface area contributed by atoms with E-state index in [4.69, 9.17) is 22.0 Å². The van der Waals surface area contributed by atoms with Crippen molar-refractivity contribution in [1.29, 1.82) is 5.26 Å². The van der Waals surface area contributed by atoms with E-state index in [2.05, 4.69) is 21.7 Å². The van der Waals surface area contributed by atoms with Gasteiger partial charge in [-0.05, 0) is 18.2 Å². The van der Waals surface area contributed by atoms with Gasteiger partial charge in [0.25, 0.3) is 0 Å². The molecule has 1 aromatic heterocycles. The maximum Gasteiger partial charge on any atom is 0.325 e. The van der Waals surface area contributed by atoms with Gasteiger partial charge in [0.05, 0.1) is 24.0 Å². The van der Waals surface area contributed by atoms with Crippen LogP contribution >= 0.6 is 11.6 Å². The molecule has 0 aliphatic heterocycles. The summed E-state index contributed by atoms with van der Waals surface area (Å²) in [5, 5.41) is 28.7. The van der Waals surface area contributed by atoms with Crippen molar-refractivity contribution in [2.24, 2.45) is 0 Å². The SMILES string of the molecule is N#Cc1ccc(Cl)cc1NCc1cn(CC(=O)O)nn1. The highest BCUT2D eigenvalue weighted by molar-refractivity contribution is 6.30. The minimum Gasteiger partial charge on any atom is -0.480 e. The van der Waals surface area contributed by atoms with Gasteiger partial charge in [-0.15, -0.1) is 5.10 Å². The standard InChI is InChI=1S/C12H10ClN5O2/c13-9-2-1-8(4-14)11(3-9)15-5-10-6-18(17-16-10)7-12(19)20/h1-3,6,15H,5,7H2,(H,19,20). The van der Waals surface area contributed by atoms with E-state index in [0.29, 0.717) is 28.5 Å². The highest BCUT2D eigenvalue weighted by Crippen LogP contribution is 2.20. The summed E-state index contributed by atoms with van der Waals surface area (Å²) in [6.07, 6.45) is 1.53. The van der Waals surface area contributed by atoms with E-state index < -0.39 is 5.97 Å². The molecule has 0 fully saturated rings. The number of rotatable bonds is 5. The Kier molecular flexibility index (Phi) is 4.17. The molecule has 1 aromatic carbocycles. The summed E-state index contributed by atoms with van der Waals surface area (Å²) in [5.41, 5.74) is 1.62. The first-order valence-electron chi connectivity index (χ1n) is 5.63. The predicted octanol–water partition coefficient (Wildman–Crippen LogP) is 1.50. The number of anilines is 1. The average Bonchev–Trinajstić information content (AvgIpc) is 2.83. The van der Waals surface area contributed by atoms with Crippen molar-refractivity contribution in [2.45, 2.75) is 13.1 Å². The number of carbonyl (C=O) groups is 1. The van der Waals surface area contributed by atoms with Crippen molar-refractivity contribution in [3.63, 3.8) is 0 Å². The molecule has 7 nitrogen and oxygen atoms in total. The topological polar surface area (TPSA) is 104 Å². The van der Waals surface area contributed by atoms with Gasteiger partial charge >= 0.3 is 5.97 Å². The zero-order chi connectivity index (χ0) is 14.5. The highest BCUT2D eigenvalue weighted by atomic mass is 35.5. The Bertz CT molecular complexity index is 677. The van der Waals surface area contributed by atoms with Gasteiger partial charge in [-0.2, -0.15) is 5.26 Å². The summed E-state index contributed by atoms with van der Waals surface area (Å²) in [4.78, 5) is 10.5. The van der Waals surface area contributed by atoms with E-state index in [1.54, 1.807) is 18.2 Å². The smallest absolute Gasteiger partial charge is 0.325 e. The van der Waals surface area contributed by atoms with Crippen LogP contribution in [0.4, 0.5) is 5.69 Å². The Morgan fingerprint density at radius 1 is 1.55 bits per heavy atom. The summed E-state index contributed by atoms with van der Waals surface area (Å²) in [7, 11) is 0. The second kappa shape index (κ2) is 6.04. The minimum atomic E-state index is -0.990. The summed E-state index contributed by atoms with van der Waals surface area (Å²) < 4.78 is 1.22. The third-order valence-electron chi connectivity index (χ3n) is 2.45. The Balaban J connectivity index is 2.05. The molecule has 20 heavy (non-hydrogen) atoms. The lowest BCUT2D eigenvalue weighted by molar-refractivity contribution is -0.137. The number of nitrogens with one attached hydrogen (secondary N) is 1. The Labute approximate surface area is 119 Å². The van der Waals surface area contributed by atoms with Crippen molar-refractivity contribution in [3.05, 3.63) is 40.7 Å². The maximum absolute atomic E-state index is 10.5. The number of carboxylic acids is 1. The van der Waals surface area contributed by atoms with Crippen LogP contribution < -0.4 is 5.32 Å². The Hall–Kier alpha value is -2.59. The molecule has 8 heteroatoms. The largest absolute Gasteiger partial charge is 0.480 e. The summed E-state index contributed by atoms with van der Waals surface area (Å²) in [6, 6.07) is 6.94. The average molecular weight is 292 g/mol. The minimum absolute atomic E-state index is 0.242. The molecule has 2 N–H and O–H groups in total. The van der Waals surface area contributed by atoms with Gasteiger partial charge in [0, 0.05) is 5.02 Å². The molecule has 0 bridgehead atoms. The lowest BCUT2D eigenvalue weighted by Crippen LogP contribution is -2.09. The first kappa shape index (κ1) is 13.8. The van der Waals surface area contributed by atoms with Gasteiger partial charge in [0.1, 0.15) is 18.3 Å². The van der Waals surface area contributed by atoms with Crippen LogP contribution in [0.2, 0.25) is 5.02 Å². The number of carboxylic acid groups (broad SMARTS) is 1. The van der Waals surface area contributed by atoms with Gasteiger partial charge < -0.3 is 10.4 Å². The van der Waals surface area contributed by atoms with Gasteiger partial charge in [0.2, 0.25) is 0 Å². The third kappa shape index (κ3) is 3.46. The molecule has 2 aromatic rings. The Morgan fingerprint density at radius 2 is 2.35 bits per heavy atom. The Morgan fingerprint density at radius 3 is 3.05 bits per heavy atom. The summed E-state index contributed by atoms with van der Waals surface area (Å²) in [5.74, 6) is -0.990. The van der Waals surface area contributed by atoms with Crippen LogP contribution in [0, 0.1) is 11.3 Å². The zero-order valence-electron chi connectivity index (χ0n) is 10.2. The van der Waals surface area contributed by atoms with Gasteiger partial charge in [-0.25, -0.2) is 4.68 Å². The number of hydrogen-bond donors (Lipinski definition) is 2. The van der Waals surface area contributed by atoms with Crippen molar-refractivity contribution in [3.8, 4) is 6.07 Å². The predicted molar refractivity (Wildman–Crippen MR) is 71.2 cm³/mol. The molecule has 102 valence electrons. The zero-order valence-corrected chi connectivity index (χ0v) is 11.0. The van der Waals surface area contributed by atoms with Crippen LogP contribution in [0.1, 0.15) is 11.3 Å². The lowest BCUT2D eigenvalue weighted by atomic mass is 10.2. The lowest BCUT2D eigenvalue weighted by Gasteiger charge is -2.06. The molecule has 0 aliphatic carbocycles. The van der Waals surface area contributed by atoms with Gasteiger partial charge in [0.15, 0.2) is 0 Å². The van der Waals surface area contributed by atoms with Crippen molar-refractivity contribution in [2.75, 3.05) is 5.32 Å². The van der Waals surface area contributed by atoms with Crippen LogP contribution in [0.5, 0.6) is 0 Å². The van der Waals surface area contributed by atoms with E-state index in [0.717, 1.165) is 0 Å². The molecule has 0 saturated carbocycles. The van der Waals surface area contributed by atoms with Crippen LogP contribution in [-0.2, 0) is 17.9 Å². The van der Waals surface area contributed by atoms with Crippen LogP contribution in [0.25, 0.3) is 0 Å². The van der Waals surface area contributed by atoms with E-state index >= 15 is 0 Å². The summed E-state index contributed by atoms with van der Waals surface area (Å²) >= 11 is 5.87. The number of aliphatic carboxylic acids is 1. The van der Waals surface area contributed by atoms with Crippen molar-refractivity contribution in [1.82, 2.24) is 15.0 Å². The summed E-state index contributed by atoms with van der Waals surface area (Å²) in [6.45, 7) is 0.0717. The molecule has 0 unspecified atom stereocenters. The molecule has 0 saturated heterocycles. The first-order chi connectivity index (χ1) is 9.58. The van der Waals surface area contributed by atoms with Crippen LogP contribution in [-0.4, -0.2) is 26.1 Å². The number of nitriles is 1. The van der Waals surface area contributed by atoms with E-state index in [1.807, 2.05) is 0 Å². The fourth-order valence-corrected chi connectivity index (χ4v) is 1.75. The molecular formula is C12H10ClN5O2. The molecule has 0 spiro atoms. The molecule has 1 heterocycles. The van der Waals surface area contributed by atoms with E-state index in [-0.39, 0.29) is 6.54 Å². The molecular weight excluding hydrogens is 282 g/mol. The molecule has 0 atom stereocenters. The number of halogens is 1. The van der Waals surface area contributed by atoms with Gasteiger partial charge in [-0.3, -0.25) is 4.79 Å². The van der Waals surface area contributed by atoms with Crippen molar-refractivity contribution < 1.29 is 9.90 Å².